The fourth-order valence-electron chi connectivity index (χ4n) is 9.14. The zero-order valence-corrected chi connectivity index (χ0v) is 33.1. The summed E-state index contributed by atoms with van der Waals surface area (Å²) in [6.45, 7) is 0. The average molecular weight is 780 g/mol. The number of aromatic nitrogens is 5. The minimum absolute atomic E-state index is 0.900. The van der Waals surface area contributed by atoms with Gasteiger partial charge in [-0.3, -0.25) is 9.13 Å². The van der Waals surface area contributed by atoms with Crippen molar-refractivity contribution in [2.75, 3.05) is 0 Å². The molecule has 8 aromatic carbocycles. The Morgan fingerprint density at radius 1 is 0.295 bits per heavy atom. The molecule has 0 aliphatic carbocycles. The van der Waals surface area contributed by atoms with Gasteiger partial charge < -0.3 is 4.57 Å². The van der Waals surface area contributed by atoms with Gasteiger partial charge in [-0.25, -0.2) is 9.97 Å². The summed E-state index contributed by atoms with van der Waals surface area (Å²) in [7, 11) is 0. The zero-order valence-electron chi connectivity index (χ0n) is 33.1. The topological polar surface area (TPSA) is 40.6 Å². The van der Waals surface area contributed by atoms with Crippen molar-refractivity contribution in [1.29, 1.82) is 0 Å². The Balaban J connectivity index is 1.15. The first-order valence-corrected chi connectivity index (χ1v) is 20.7. The minimum Gasteiger partial charge on any atom is -0.309 e. The molecule has 5 heteroatoms. The molecule has 12 aromatic rings. The maximum atomic E-state index is 5.54. The van der Waals surface area contributed by atoms with Crippen molar-refractivity contribution in [2.45, 2.75) is 0 Å². The van der Waals surface area contributed by atoms with Gasteiger partial charge in [-0.1, -0.05) is 158 Å². The van der Waals surface area contributed by atoms with Crippen molar-refractivity contribution < 1.29 is 0 Å². The normalized spacial score (nSPS) is 11.6. The number of imidazole rings is 1. The smallest absolute Gasteiger partial charge is 0.165 e. The molecule has 0 amide bonds. The zero-order chi connectivity index (χ0) is 40.3. The Labute approximate surface area is 352 Å². The Hall–Kier alpha value is -8.28. The molecule has 12 rings (SSSR count). The van der Waals surface area contributed by atoms with Gasteiger partial charge in [0.15, 0.2) is 5.65 Å². The highest BCUT2D eigenvalue weighted by Crippen LogP contribution is 2.44. The third-order valence-corrected chi connectivity index (χ3v) is 11.8. The van der Waals surface area contributed by atoms with Crippen molar-refractivity contribution in [3.63, 3.8) is 0 Å². The Kier molecular flexibility index (Phi) is 8.10. The maximum absolute atomic E-state index is 5.54. The summed E-state index contributed by atoms with van der Waals surface area (Å²) in [5.74, 6) is 0.900. The van der Waals surface area contributed by atoms with Crippen molar-refractivity contribution >= 4 is 43.9 Å². The van der Waals surface area contributed by atoms with Gasteiger partial charge in [-0.05, 0) is 77.9 Å². The molecule has 0 saturated carbocycles. The average Bonchev–Trinajstić information content (AvgIpc) is 4.00. The molecular weight excluding hydrogens is 743 g/mol. The summed E-state index contributed by atoms with van der Waals surface area (Å²) in [6.07, 6.45) is 0. The molecule has 0 unspecified atom stereocenters. The van der Waals surface area contributed by atoms with Gasteiger partial charge >= 0.3 is 0 Å². The van der Waals surface area contributed by atoms with Crippen LogP contribution in [0.4, 0.5) is 0 Å². The number of pyridine rings is 1. The molecule has 286 valence electrons. The Morgan fingerprint density at radius 2 is 0.803 bits per heavy atom. The molecule has 0 aliphatic heterocycles. The highest BCUT2D eigenvalue weighted by atomic mass is 15.2. The predicted molar refractivity (Wildman–Crippen MR) is 252 cm³/mol. The van der Waals surface area contributed by atoms with Gasteiger partial charge in [0, 0.05) is 49.9 Å². The van der Waals surface area contributed by atoms with Gasteiger partial charge in [0.05, 0.1) is 27.9 Å². The lowest BCUT2D eigenvalue weighted by Gasteiger charge is -2.13. The first-order valence-electron chi connectivity index (χ1n) is 20.7. The van der Waals surface area contributed by atoms with Crippen LogP contribution in [0.5, 0.6) is 0 Å². The van der Waals surface area contributed by atoms with E-state index in [0.29, 0.717) is 0 Å². The number of nitrogens with zero attached hydrogens (tertiary/aromatic N) is 5. The van der Waals surface area contributed by atoms with E-state index in [2.05, 4.69) is 232 Å². The van der Waals surface area contributed by atoms with E-state index in [0.717, 1.165) is 95.2 Å². The largest absolute Gasteiger partial charge is 0.309 e. The van der Waals surface area contributed by atoms with E-state index in [1.807, 2.05) is 6.07 Å². The fraction of sp³-hybridized carbons (Fsp3) is 0. The van der Waals surface area contributed by atoms with Crippen LogP contribution in [-0.4, -0.2) is 23.7 Å². The molecule has 0 spiro atoms. The van der Waals surface area contributed by atoms with Crippen LogP contribution in [0.3, 0.4) is 0 Å². The van der Waals surface area contributed by atoms with E-state index in [1.54, 1.807) is 0 Å². The van der Waals surface area contributed by atoms with E-state index < -0.39 is 0 Å². The molecule has 4 heterocycles. The number of hydrogen-bond donors (Lipinski definition) is 0. The summed E-state index contributed by atoms with van der Waals surface area (Å²) in [5.41, 5.74) is 15.9. The molecule has 0 radical (unpaired) electrons. The number of para-hydroxylation sites is 3. The number of fused-ring (bicyclic) bond motifs is 7. The number of rotatable bonds is 7. The molecule has 0 aliphatic rings. The van der Waals surface area contributed by atoms with Gasteiger partial charge in [0.1, 0.15) is 11.3 Å². The van der Waals surface area contributed by atoms with Crippen LogP contribution in [0.1, 0.15) is 0 Å². The van der Waals surface area contributed by atoms with Crippen LogP contribution in [-0.2, 0) is 0 Å². The lowest BCUT2D eigenvalue weighted by Crippen LogP contribution is -1.98. The predicted octanol–water partition coefficient (Wildman–Crippen LogP) is 14.1. The lowest BCUT2D eigenvalue weighted by atomic mass is 10.00. The van der Waals surface area contributed by atoms with E-state index in [4.69, 9.17) is 9.97 Å². The Morgan fingerprint density at radius 3 is 1.48 bits per heavy atom. The van der Waals surface area contributed by atoms with Gasteiger partial charge in [0.2, 0.25) is 0 Å². The van der Waals surface area contributed by atoms with Crippen LogP contribution in [0, 0.1) is 0 Å². The summed E-state index contributed by atoms with van der Waals surface area (Å²) in [6, 6.07) is 79.4. The van der Waals surface area contributed by atoms with E-state index in [9.17, 15) is 0 Å². The fourth-order valence-corrected chi connectivity index (χ4v) is 9.14. The van der Waals surface area contributed by atoms with Crippen LogP contribution < -0.4 is 0 Å². The first kappa shape index (κ1) is 34.7. The summed E-state index contributed by atoms with van der Waals surface area (Å²) >= 11 is 0. The maximum Gasteiger partial charge on any atom is 0.165 e. The SMILES string of the molecule is c1ccc(-c2cc(-c3ccccc3)nc(-c3cccc(-n4c5ccccc5c5c6c7c(nc(-c8ccccc8)n7-c7ccccc7)n(-c7ccccc7)c6ccc54)c3)c2)cc1. The van der Waals surface area contributed by atoms with E-state index in [-0.39, 0.29) is 0 Å². The molecule has 4 aromatic heterocycles. The quantitative estimate of drug-likeness (QED) is 0.162. The molecule has 0 N–H and O–H groups in total. The molecule has 0 fully saturated rings. The van der Waals surface area contributed by atoms with Gasteiger partial charge in [0.25, 0.3) is 0 Å². The third kappa shape index (κ3) is 5.70. The van der Waals surface area contributed by atoms with Crippen LogP contribution >= 0.6 is 0 Å². The van der Waals surface area contributed by atoms with Crippen molar-refractivity contribution in [2.24, 2.45) is 0 Å². The molecule has 0 atom stereocenters. The lowest BCUT2D eigenvalue weighted by molar-refractivity contribution is 1.10. The van der Waals surface area contributed by atoms with Crippen molar-refractivity contribution in [3.05, 3.63) is 224 Å². The molecular formula is C56H37N5. The second-order valence-corrected chi connectivity index (χ2v) is 15.4. The molecule has 61 heavy (non-hydrogen) atoms. The number of hydrogen-bond acceptors (Lipinski definition) is 2. The minimum atomic E-state index is 0.900. The monoisotopic (exact) mass is 779 g/mol. The van der Waals surface area contributed by atoms with Crippen molar-refractivity contribution in [1.82, 2.24) is 23.7 Å². The highest BCUT2D eigenvalue weighted by Gasteiger charge is 2.27. The summed E-state index contributed by atoms with van der Waals surface area (Å²) < 4.78 is 7.10. The second kappa shape index (κ2) is 14.2. The number of benzene rings is 8. The standard InChI is InChI=1S/C56H37N5/c1-6-19-38(20-7-1)42-36-47(39-21-8-2-9-22-39)57-48(37-42)41-25-18-30-45(35-41)59-49-32-17-16-31-46(49)52-50(59)33-34-51-53(52)54-56(60(51)43-26-12-4-13-27-43)58-55(40-23-10-3-11-24-40)61(54)44-28-14-5-15-29-44/h1-37H. The Bertz CT molecular complexity index is 3490. The molecule has 5 nitrogen and oxygen atoms in total. The van der Waals surface area contributed by atoms with Gasteiger partial charge in [-0.15, -0.1) is 0 Å². The third-order valence-electron chi connectivity index (χ3n) is 11.8. The second-order valence-electron chi connectivity index (χ2n) is 15.4. The van der Waals surface area contributed by atoms with Gasteiger partial charge in [-0.2, -0.15) is 0 Å². The van der Waals surface area contributed by atoms with Crippen LogP contribution in [0.15, 0.2) is 224 Å². The highest BCUT2D eigenvalue weighted by molar-refractivity contribution is 6.28. The summed E-state index contributed by atoms with van der Waals surface area (Å²) in [4.78, 5) is 10.8. The molecule has 0 saturated heterocycles. The first-order chi connectivity index (χ1) is 30.3. The van der Waals surface area contributed by atoms with Crippen LogP contribution in [0.25, 0.3) is 106 Å². The summed E-state index contributed by atoms with van der Waals surface area (Å²) in [5, 5.41) is 3.52. The van der Waals surface area contributed by atoms with E-state index in [1.165, 1.54) is 10.8 Å². The van der Waals surface area contributed by atoms with E-state index >= 15 is 0 Å². The molecule has 0 bridgehead atoms. The van der Waals surface area contributed by atoms with Crippen molar-refractivity contribution in [3.8, 4) is 62.1 Å². The van der Waals surface area contributed by atoms with Crippen LogP contribution in [0.2, 0.25) is 0 Å².